The molecule has 0 radical (unpaired) electrons. The number of nitrogens with zero attached hydrogens (tertiary/aromatic N) is 3. The van der Waals surface area contributed by atoms with Crippen molar-refractivity contribution in [3.63, 3.8) is 0 Å². The van der Waals surface area contributed by atoms with Gasteiger partial charge in [0.15, 0.2) is 5.60 Å². The Balaban J connectivity index is 0.000000314. The Morgan fingerprint density at radius 1 is 1.27 bits per heavy atom. The molecule has 0 spiro atoms. The van der Waals surface area contributed by atoms with E-state index in [0.717, 1.165) is 32.6 Å². The molecule has 1 fully saturated rings. The lowest BCUT2D eigenvalue weighted by Crippen LogP contribution is -2.42. The molecular weight excluding hydrogens is 398 g/mol. The number of carboxylic acids is 3. The number of allylic oxidation sites excluding steroid dienone is 1. The van der Waals surface area contributed by atoms with E-state index in [-0.39, 0.29) is 0 Å². The monoisotopic (exact) mass is 427 g/mol. The van der Waals surface area contributed by atoms with Gasteiger partial charge < -0.3 is 25.5 Å². The Labute approximate surface area is 173 Å². The summed E-state index contributed by atoms with van der Waals surface area (Å²) in [6, 6.07) is 0. The van der Waals surface area contributed by atoms with Crippen LogP contribution in [0.5, 0.6) is 0 Å². The Morgan fingerprint density at radius 2 is 1.87 bits per heavy atom. The molecule has 11 nitrogen and oxygen atoms in total. The van der Waals surface area contributed by atoms with E-state index in [9.17, 15) is 14.4 Å². The summed E-state index contributed by atoms with van der Waals surface area (Å²) in [4.78, 5) is 32.9. The summed E-state index contributed by atoms with van der Waals surface area (Å²) in [6.07, 6.45) is 2.63. The predicted molar refractivity (Wildman–Crippen MR) is 105 cm³/mol. The number of carboxylic acid groups (broad SMARTS) is 3. The average Bonchev–Trinajstić information content (AvgIpc) is 3.23. The van der Waals surface area contributed by atoms with Gasteiger partial charge in [0, 0.05) is 31.0 Å². The Bertz CT molecular complexity index is 745. The summed E-state index contributed by atoms with van der Waals surface area (Å²) < 4.78 is 1.97. The second kappa shape index (κ2) is 11.4. The third kappa shape index (κ3) is 7.58. The Morgan fingerprint density at radius 3 is 2.30 bits per heavy atom. The summed E-state index contributed by atoms with van der Waals surface area (Å²) in [5.74, 6) is -4.56. The topological polar surface area (TPSA) is 173 Å². The Hall–Kier alpha value is -2.76. The molecule has 0 amide bonds. The first-order valence-corrected chi connectivity index (χ1v) is 9.37. The summed E-state index contributed by atoms with van der Waals surface area (Å²) in [6.45, 7) is 9.94. The highest BCUT2D eigenvalue weighted by Gasteiger charge is 2.40. The van der Waals surface area contributed by atoms with Gasteiger partial charge in [-0.2, -0.15) is 5.10 Å². The van der Waals surface area contributed by atoms with Crippen LogP contribution in [0, 0.1) is 12.8 Å². The molecule has 0 aromatic carbocycles. The van der Waals surface area contributed by atoms with Crippen LogP contribution in [0.1, 0.15) is 30.5 Å². The largest absolute Gasteiger partial charge is 0.481 e. The first-order valence-electron chi connectivity index (χ1n) is 9.37. The van der Waals surface area contributed by atoms with E-state index < -0.39 is 36.4 Å². The van der Waals surface area contributed by atoms with Crippen molar-refractivity contribution in [1.82, 2.24) is 14.7 Å². The number of carbonyl (C=O) groups is 3. The molecule has 1 unspecified atom stereocenters. The molecule has 1 aliphatic heterocycles. The van der Waals surface area contributed by atoms with Crippen molar-refractivity contribution in [3.05, 3.63) is 30.1 Å². The molecule has 11 heteroatoms. The molecule has 0 saturated carbocycles. The summed E-state index contributed by atoms with van der Waals surface area (Å²) in [5.41, 5.74) is -0.236. The second-order valence-electron chi connectivity index (χ2n) is 7.28. The van der Waals surface area contributed by atoms with E-state index in [4.69, 9.17) is 25.5 Å². The van der Waals surface area contributed by atoms with E-state index in [1.165, 1.54) is 11.3 Å². The van der Waals surface area contributed by atoms with Crippen LogP contribution in [0.15, 0.2) is 18.9 Å². The SMILES string of the molecule is C=CCn1ncc(CN2CCC(CO)C2)c1C.O=C(O)CC(O)(CC(=O)O)C(=O)O. The standard InChI is InChI=1S/C13H21N3O.C6H8O7/c1-3-5-16-11(2)13(7-14-16)9-15-6-4-12(8-15)10-17;7-3(8)1-6(13,5(11)12)2-4(9)10/h3,7,12,17H,1,4-6,8-10H2,2H3;13H,1-2H2,(H,7,8)(H,9,10)(H,11,12). The predicted octanol–water partition coefficient (Wildman–Crippen LogP) is -0.0568. The molecule has 168 valence electrons. The molecule has 5 N–H and O–H groups in total. The lowest BCUT2D eigenvalue weighted by atomic mass is 9.96. The van der Waals surface area contributed by atoms with Crippen LogP contribution in [-0.4, -0.2) is 83.4 Å². The van der Waals surface area contributed by atoms with Gasteiger partial charge in [-0.25, -0.2) is 4.79 Å². The molecule has 1 aromatic rings. The summed E-state index contributed by atoms with van der Waals surface area (Å²) >= 11 is 0. The van der Waals surface area contributed by atoms with E-state index in [1.807, 2.05) is 17.0 Å². The van der Waals surface area contributed by atoms with Crippen LogP contribution in [0.4, 0.5) is 0 Å². The van der Waals surface area contributed by atoms with Crippen molar-refractivity contribution >= 4 is 17.9 Å². The number of rotatable bonds is 10. The minimum atomic E-state index is -2.74. The maximum absolute atomic E-state index is 10.3. The highest BCUT2D eigenvalue weighted by Crippen LogP contribution is 2.19. The van der Waals surface area contributed by atoms with Gasteiger partial charge in [-0.05, 0) is 25.8 Å². The first kappa shape index (κ1) is 25.3. The van der Waals surface area contributed by atoms with Gasteiger partial charge in [0.05, 0.1) is 25.6 Å². The van der Waals surface area contributed by atoms with Crippen LogP contribution in [0.3, 0.4) is 0 Å². The van der Waals surface area contributed by atoms with Crippen LogP contribution in [0.25, 0.3) is 0 Å². The van der Waals surface area contributed by atoms with Crippen molar-refractivity contribution < 1.29 is 39.9 Å². The third-order valence-electron chi connectivity index (χ3n) is 4.81. The van der Waals surface area contributed by atoms with Gasteiger partial charge in [0.2, 0.25) is 0 Å². The van der Waals surface area contributed by atoms with Gasteiger partial charge in [-0.15, -0.1) is 6.58 Å². The van der Waals surface area contributed by atoms with Crippen LogP contribution in [-0.2, 0) is 27.5 Å². The molecule has 2 heterocycles. The van der Waals surface area contributed by atoms with Crippen molar-refractivity contribution in [1.29, 1.82) is 0 Å². The highest BCUT2D eigenvalue weighted by molar-refractivity contribution is 5.88. The molecule has 1 atom stereocenters. The number of aliphatic carboxylic acids is 3. The van der Waals surface area contributed by atoms with Gasteiger partial charge in [-0.3, -0.25) is 19.2 Å². The van der Waals surface area contributed by atoms with Crippen LogP contribution >= 0.6 is 0 Å². The molecular formula is C19H29N3O8. The lowest BCUT2D eigenvalue weighted by Gasteiger charge is -2.18. The van der Waals surface area contributed by atoms with Crippen LogP contribution in [0.2, 0.25) is 0 Å². The fraction of sp³-hybridized carbons (Fsp3) is 0.579. The number of aliphatic hydroxyl groups excluding tert-OH is 1. The van der Waals surface area contributed by atoms with E-state index in [2.05, 4.69) is 23.5 Å². The van der Waals surface area contributed by atoms with Crippen LogP contribution < -0.4 is 0 Å². The molecule has 30 heavy (non-hydrogen) atoms. The zero-order valence-corrected chi connectivity index (χ0v) is 16.9. The maximum Gasteiger partial charge on any atom is 0.336 e. The number of hydrogen-bond acceptors (Lipinski definition) is 7. The first-order chi connectivity index (χ1) is 14.0. The number of likely N-dealkylation sites (tertiary alicyclic amines) is 1. The summed E-state index contributed by atoms with van der Waals surface area (Å²) in [5, 5.41) is 47.3. The normalized spacial score (nSPS) is 16.6. The molecule has 0 bridgehead atoms. The molecule has 1 aliphatic rings. The Kier molecular flexibility index (Phi) is 9.63. The number of hydrogen-bond donors (Lipinski definition) is 5. The minimum Gasteiger partial charge on any atom is -0.481 e. The molecule has 0 aliphatic carbocycles. The van der Waals surface area contributed by atoms with Crippen molar-refractivity contribution in [2.45, 2.75) is 44.9 Å². The maximum atomic E-state index is 10.3. The van der Waals surface area contributed by atoms with E-state index in [0.29, 0.717) is 12.5 Å². The third-order valence-corrected chi connectivity index (χ3v) is 4.81. The smallest absolute Gasteiger partial charge is 0.336 e. The zero-order chi connectivity index (χ0) is 22.9. The quantitative estimate of drug-likeness (QED) is 0.318. The minimum absolute atomic E-state index is 0.311. The van der Waals surface area contributed by atoms with Gasteiger partial charge in [-0.1, -0.05) is 6.08 Å². The van der Waals surface area contributed by atoms with E-state index >= 15 is 0 Å². The number of aliphatic hydroxyl groups is 2. The van der Waals surface area contributed by atoms with Crippen molar-refractivity contribution in [2.24, 2.45) is 5.92 Å². The van der Waals surface area contributed by atoms with Crippen molar-refractivity contribution in [2.75, 3.05) is 19.7 Å². The van der Waals surface area contributed by atoms with Gasteiger partial charge in [0.1, 0.15) is 0 Å². The number of aromatic nitrogens is 2. The fourth-order valence-corrected chi connectivity index (χ4v) is 3.11. The molecule has 1 aromatic heterocycles. The lowest BCUT2D eigenvalue weighted by molar-refractivity contribution is -0.170. The zero-order valence-electron chi connectivity index (χ0n) is 16.9. The fourth-order valence-electron chi connectivity index (χ4n) is 3.11. The molecule has 2 rings (SSSR count). The average molecular weight is 427 g/mol. The second-order valence-corrected chi connectivity index (χ2v) is 7.28. The summed E-state index contributed by atoms with van der Waals surface area (Å²) in [7, 11) is 0. The highest BCUT2D eigenvalue weighted by atomic mass is 16.4. The van der Waals surface area contributed by atoms with Gasteiger partial charge in [0.25, 0.3) is 0 Å². The van der Waals surface area contributed by atoms with Crippen molar-refractivity contribution in [3.8, 4) is 0 Å². The van der Waals surface area contributed by atoms with Gasteiger partial charge >= 0.3 is 17.9 Å². The van der Waals surface area contributed by atoms with E-state index in [1.54, 1.807) is 0 Å². The molecule has 1 saturated heterocycles.